The van der Waals surface area contributed by atoms with E-state index in [0.717, 1.165) is 38.8 Å². The smallest absolute Gasteiger partial charge is 0.281 e. The normalized spacial score (nSPS) is 12.6. The van der Waals surface area contributed by atoms with E-state index in [4.69, 9.17) is 0 Å². The molecule has 0 radical (unpaired) electrons. The molecule has 0 amide bonds. The Bertz CT molecular complexity index is 294. The third kappa shape index (κ3) is 6.68. The van der Waals surface area contributed by atoms with Crippen LogP contribution in [0.3, 0.4) is 0 Å². The second kappa shape index (κ2) is 9.72. The Kier molecular flexibility index (Phi) is 9.63. The van der Waals surface area contributed by atoms with Gasteiger partial charge in [-0.15, -0.1) is 0 Å². The monoisotopic (exact) mass is 279 g/mol. The molecule has 0 saturated heterocycles. The van der Waals surface area contributed by atoms with E-state index in [1.54, 1.807) is 14.1 Å². The van der Waals surface area contributed by atoms with E-state index < -0.39 is 10.2 Å². The molecule has 110 valence electrons. The first-order valence-corrected chi connectivity index (χ1v) is 8.24. The van der Waals surface area contributed by atoms with Gasteiger partial charge in [-0.05, 0) is 32.4 Å². The molecule has 18 heavy (non-hydrogen) atoms. The quantitative estimate of drug-likeness (QED) is 0.580. The summed E-state index contributed by atoms with van der Waals surface area (Å²) in [7, 11) is 0.0349. The molecule has 0 aromatic heterocycles. The van der Waals surface area contributed by atoms with Crippen LogP contribution in [0.15, 0.2) is 0 Å². The van der Waals surface area contributed by atoms with Gasteiger partial charge in [-0.25, -0.2) is 0 Å². The molecule has 0 unspecified atom stereocenters. The molecule has 6 heteroatoms. The molecule has 0 aromatic carbocycles. The van der Waals surface area contributed by atoms with E-state index in [1.807, 2.05) is 0 Å². The maximum absolute atomic E-state index is 12.1. The van der Waals surface area contributed by atoms with Gasteiger partial charge in [0.2, 0.25) is 0 Å². The van der Waals surface area contributed by atoms with Crippen molar-refractivity contribution in [2.75, 3.05) is 40.3 Å². The van der Waals surface area contributed by atoms with Crippen molar-refractivity contribution >= 4 is 10.2 Å². The van der Waals surface area contributed by atoms with Gasteiger partial charge in [0.25, 0.3) is 10.2 Å². The lowest BCUT2D eigenvalue weighted by Gasteiger charge is -2.24. The fraction of sp³-hybridized carbons (Fsp3) is 1.00. The van der Waals surface area contributed by atoms with Crippen molar-refractivity contribution in [3.8, 4) is 0 Å². The molecule has 0 rings (SSSR count). The summed E-state index contributed by atoms with van der Waals surface area (Å²) >= 11 is 0. The topological polar surface area (TPSA) is 52.7 Å². The Morgan fingerprint density at radius 2 is 1.44 bits per heavy atom. The standard InChI is InChI=1S/C12H29N3O2S/c1-5-7-11-14(3)18(16,17)15(4)12-8-10-13-9-6-2/h13H,5-12H2,1-4H3. The molecule has 0 heterocycles. The fourth-order valence-corrected chi connectivity index (χ4v) is 2.77. The predicted octanol–water partition coefficient (Wildman–Crippen LogP) is 1.28. The van der Waals surface area contributed by atoms with Gasteiger partial charge in [-0.3, -0.25) is 0 Å². The lowest BCUT2D eigenvalue weighted by Crippen LogP contribution is -2.41. The van der Waals surface area contributed by atoms with E-state index in [-0.39, 0.29) is 0 Å². The lowest BCUT2D eigenvalue weighted by molar-refractivity contribution is 0.383. The van der Waals surface area contributed by atoms with Gasteiger partial charge in [-0.1, -0.05) is 20.3 Å². The molecular weight excluding hydrogens is 250 g/mol. The number of rotatable bonds is 11. The highest BCUT2D eigenvalue weighted by atomic mass is 32.2. The lowest BCUT2D eigenvalue weighted by atomic mass is 10.3. The van der Waals surface area contributed by atoms with Crippen molar-refractivity contribution in [3.63, 3.8) is 0 Å². The molecule has 0 bridgehead atoms. The first-order chi connectivity index (χ1) is 8.46. The molecule has 0 aliphatic heterocycles. The van der Waals surface area contributed by atoms with Crippen molar-refractivity contribution in [2.24, 2.45) is 0 Å². The van der Waals surface area contributed by atoms with Gasteiger partial charge >= 0.3 is 0 Å². The summed E-state index contributed by atoms with van der Waals surface area (Å²) in [5, 5.41) is 3.27. The van der Waals surface area contributed by atoms with Crippen molar-refractivity contribution in [2.45, 2.75) is 39.5 Å². The summed E-state index contributed by atoms with van der Waals surface area (Å²) in [5.41, 5.74) is 0. The number of nitrogens with one attached hydrogen (secondary N) is 1. The zero-order chi connectivity index (χ0) is 14.0. The average Bonchev–Trinajstić information content (AvgIpc) is 2.35. The summed E-state index contributed by atoms with van der Waals surface area (Å²) in [4.78, 5) is 0. The third-order valence-electron chi connectivity index (χ3n) is 2.87. The second-order valence-electron chi connectivity index (χ2n) is 4.61. The van der Waals surface area contributed by atoms with Crippen LogP contribution >= 0.6 is 0 Å². The van der Waals surface area contributed by atoms with E-state index in [2.05, 4.69) is 19.2 Å². The van der Waals surface area contributed by atoms with Crippen LogP contribution in [0.1, 0.15) is 39.5 Å². The Hall–Kier alpha value is -0.170. The Morgan fingerprint density at radius 1 is 0.889 bits per heavy atom. The Morgan fingerprint density at radius 3 is 1.94 bits per heavy atom. The number of hydrogen-bond acceptors (Lipinski definition) is 3. The summed E-state index contributed by atoms with van der Waals surface area (Å²) in [6, 6.07) is 0. The maximum atomic E-state index is 12.1. The molecule has 0 aromatic rings. The number of unbranched alkanes of at least 4 members (excludes halogenated alkanes) is 1. The summed E-state index contributed by atoms with van der Waals surface area (Å²) in [5.74, 6) is 0. The molecule has 0 saturated carbocycles. The minimum atomic E-state index is -3.27. The molecule has 0 spiro atoms. The largest absolute Gasteiger partial charge is 0.317 e. The zero-order valence-corrected chi connectivity index (χ0v) is 13.1. The van der Waals surface area contributed by atoms with E-state index in [0.29, 0.717) is 13.1 Å². The Labute approximate surface area is 113 Å². The van der Waals surface area contributed by atoms with Crippen LogP contribution in [0.2, 0.25) is 0 Å². The van der Waals surface area contributed by atoms with E-state index in [1.165, 1.54) is 8.61 Å². The first-order valence-electron chi connectivity index (χ1n) is 6.85. The molecule has 1 N–H and O–H groups in total. The van der Waals surface area contributed by atoms with Gasteiger partial charge in [0.05, 0.1) is 0 Å². The third-order valence-corrected chi connectivity index (χ3v) is 4.81. The number of nitrogens with zero attached hydrogens (tertiary/aromatic N) is 2. The maximum Gasteiger partial charge on any atom is 0.281 e. The van der Waals surface area contributed by atoms with Crippen LogP contribution in [-0.4, -0.2) is 57.3 Å². The van der Waals surface area contributed by atoms with Crippen LogP contribution in [0.4, 0.5) is 0 Å². The van der Waals surface area contributed by atoms with Crippen molar-refractivity contribution in [3.05, 3.63) is 0 Å². The minimum Gasteiger partial charge on any atom is -0.317 e. The van der Waals surface area contributed by atoms with Crippen molar-refractivity contribution in [1.29, 1.82) is 0 Å². The van der Waals surface area contributed by atoms with Gasteiger partial charge < -0.3 is 5.32 Å². The summed E-state index contributed by atoms with van der Waals surface area (Å²) in [6.07, 6.45) is 3.86. The molecular formula is C12H29N3O2S. The Balaban J connectivity index is 4.01. The van der Waals surface area contributed by atoms with Gasteiger partial charge in [0.15, 0.2) is 0 Å². The van der Waals surface area contributed by atoms with Gasteiger partial charge in [0, 0.05) is 27.2 Å². The summed E-state index contributed by atoms with van der Waals surface area (Å²) in [6.45, 7) is 7.20. The summed E-state index contributed by atoms with van der Waals surface area (Å²) < 4.78 is 27.1. The van der Waals surface area contributed by atoms with E-state index >= 15 is 0 Å². The van der Waals surface area contributed by atoms with Crippen LogP contribution in [0, 0.1) is 0 Å². The average molecular weight is 279 g/mol. The molecule has 0 aliphatic rings. The van der Waals surface area contributed by atoms with Crippen LogP contribution < -0.4 is 5.32 Å². The highest BCUT2D eigenvalue weighted by Gasteiger charge is 2.22. The zero-order valence-electron chi connectivity index (χ0n) is 12.3. The van der Waals surface area contributed by atoms with Crippen LogP contribution in [0.5, 0.6) is 0 Å². The van der Waals surface area contributed by atoms with E-state index in [9.17, 15) is 8.42 Å². The van der Waals surface area contributed by atoms with Crippen molar-refractivity contribution < 1.29 is 8.42 Å². The number of hydrogen-bond donors (Lipinski definition) is 1. The van der Waals surface area contributed by atoms with Crippen LogP contribution in [0.25, 0.3) is 0 Å². The van der Waals surface area contributed by atoms with Gasteiger partial charge in [0.1, 0.15) is 0 Å². The molecule has 0 fully saturated rings. The van der Waals surface area contributed by atoms with Gasteiger partial charge in [-0.2, -0.15) is 17.0 Å². The molecule has 0 atom stereocenters. The first kappa shape index (κ1) is 17.8. The van der Waals surface area contributed by atoms with Crippen LogP contribution in [-0.2, 0) is 10.2 Å². The molecule has 0 aliphatic carbocycles. The van der Waals surface area contributed by atoms with Crippen molar-refractivity contribution in [1.82, 2.24) is 13.9 Å². The predicted molar refractivity (Wildman–Crippen MR) is 76.9 cm³/mol. The highest BCUT2D eigenvalue weighted by molar-refractivity contribution is 7.86. The SMILES string of the molecule is CCCCN(C)S(=O)(=O)N(C)CCCNCCC. The fourth-order valence-electron chi connectivity index (χ4n) is 1.58. The second-order valence-corrected chi connectivity index (χ2v) is 6.75. The minimum absolute atomic E-state index is 0.565. The highest BCUT2D eigenvalue weighted by Crippen LogP contribution is 2.05. The molecule has 5 nitrogen and oxygen atoms in total.